The van der Waals surface area contributed by atoms with Gasteiger partial charge in [-0.1, -0.05) is 31.2 Å². The normalized spacial score (nSPS) is 10.9. The lowest BCUT2D eigenvalue weighted by molar-refractivity contribution is 0.415. The first-order valence-corrected chi connectivity index (χ1v) is 9.94. The molecular weight excluding hydrogens is 348 g/mol. The van der Waals surface area contributed by atoms with Crippen molar-refractivity contribution in [1.29, 1.82) is 0 Å². The first-order valence-electron chi connectivity index (χ1n) is 9.94. The highest BCUT2D eigenvalue weighted by Crippen LogP contribution is 2.31. The van der Waals surface area contributed by atoms with Gasteiger partial charge in [-0.25, -0.2) is 4.98 Å². The quantitative estimate of drug-likeness (QED) is 0.584. The molecular formula is C23H30N4O. The van der Waals surface area contributed by atoms with E-state index in [4.69, 9.17) is 15.5 Å². The molecule has 0 saturated carbocycles. The fourth-order valence-electron chi connectivity index (χ4n) is 3.45. The fourth-order valence-corrected chi connectivity index (χ4v) is 3.45. The van der Waals surface area contributed by atoms with Crippen LogP contribution in [0.25, 0.3) is 10.9 Å². The van der Waals surface area contributed by atoms with E-state index in [2.05, 4.69) is 54.4 Å². The predicted octanol–water partition coefficient (Wildman–Crippen LogP) is 4.20. The summed E-state index contributed by atoms with van der Waals surface area (Å²) < 4.78 is 5.39. The average molecular weight is 379 g/mol. The molecule has 0 radical (unpaired) electrons. The minimum absolute atomic E-state index is 0.574. The summed E-state index contributed by atoms with van der Waals surface area (Å²) in [5.74, 6) is 1.78. The number of nitrogens with zero attached hydrogens (tertiary/aromatic N) is 2. The second-order valence-electron chi connectivity index (χ2n) is 6.76. The Morgan fingerprint density at radius 1 is 1.07 bits per heavy atom. The molecule has 148 valence electrons. The van der Waals surface area contributed by atoms with Crippen molar-refractivity contribution in [2.75, 3.05) is 37.0 Å². The van der Waals surface area contributed by atoms with Crippen LogP contribution in [0.5, 0.6) is 5.75 Å². The van der Waals surface area contributed by atoms with Gasteiger partial charge in [0.25, 0.3) is 0 Å². The summed E-state index contributed by atoms with van der Waals surface area (Å²) >= 11 is 0. The summed E-state index contributed by atoms with van der Waals surface area (Å²) in [6.07, 6.45) is 1.03. The van der Waals surface area contributed by atoms with Crippen LogP contribution in [0.15, 0.2) is 48.5 Å². The number of rotatable bonds is 9. The van der Waals surface area contributed by atoms with Gasteiger partial charge in [0.05, 0.1) is 12.6 Å². The van der Waals surface area contributed by atoms with E-state index in [9.17, 15) is 0 Å². The van der Waals surface area contributed by atoms with Gasteiger partial charge in [-0.05, 0) is 42.7 Å². The maximum Gasteiger partial charge on any atom is 0.131 e. The zero-order valence-electron chi connectivity index (χ0n) is 17.0. The fraction of sp³-hybridized carbons (Fsp3) is 0.348. The predicted molar refractivity (Wildman–Crippen MR) is 118 cm³/mol. The molecule has 0 spiro atoms. The Balaban J connectivity index is 2.02. The summed E-state index contributed by atoms with van der Waals surface area (Å²) in [5, 5.41) is 4.49. The first kappa shape index (κ1) is 20.0. The average Bonchev–Trinajstić information content (AvgIpc) is 2.75. The van der Waals surface area contributed by atoms with E-state index < -0.39 is 0 Å². The Hall–Kier alpha value is -2.79. The minimum atomic E-state index is 0.574. The Morgan fingerprint density at radius 2 is 1.86 bits per heavy atom. The van der Waals surface area contributed by atoms with Crippen molar-refractivity contribution in [3.8, 4) is 5.75 Å². The second-order valence-corrected chi connectivity index (χ2v) is 6.76. The molecule has 0 atom stereocenters. The molecule has 1 aromatic heterocycles. The van der Waals surface area contributed by atoms with Gasteiger partial charge < -0.3 is 20.7 Å². The van der Waals surface area contributed by atoms with Crippen LogP contribution in [-0.4, -0.2) is 31.7 Å². The van der Waals surface area contributed by atoms with Gasteiger partial charge >= 0.3 is 0 Å². The molecule has 0 saturated heterocycles. The van der Waals surface area contributed by atoms with Crippen molar-refractivity contribution in [3.05, 3.63) is 59.7 Å². The Bertz CT molecular complexity index is 926. The van der Waals surface area contributed by atoms with Crippen molar-refractivity contribution in [3.63, 3.8) is 0 Å². The van der Waals surface area contributed by atoms with Crippen LogP contribution >= 0.6 is 0 Å². The van der Waals surface area contributed by atoms with Gasteiger partial charge in [0.15, 0.2) is 0 Å². The van der Waals surface area contributed by atoms with Crippen LogP contribution in [0.2, 0.25) is 0 Å². The summed E-state index contributed by atoms with van der Waals surface area (Å²) in [6, 6.07) is 16.7. The standard InChI is InChI=1S/C23H30N4O/c1-4-17-8-6-7-9-18(17)16-27(5-2)23-15-22(25-13-12-24)20-14-19(28-3)10-11-21(20)26-23/h6-11,14-15H,4-5,12-13,16,24H2,1-3H3,(H,25,26). The molecule has 0 aliphatic rings. The van der Waals surface area contributed by atoms with Crippen LogP contribution in [-0.2, 0) is 13.0 Å². The number of anilines is 2. The zero-order valence-corrected chi connectivity index (χ0v) is 17.0. The van der Waals surface area contributed by atoms with Gasteiger partial charge in [0.1, 0.15) is 11.6 Å². The Morgan fingerprint density at radius 3 is 2.54 bits per heavy atom. The van der Waals surface area contributed by atoms with Crippen molar-refractivity contribution < 1.29 is 4.74 Å². The third kappa shape index (κ3) is 4.37. The highest BCUT2D eigenvalue weighted by Gasteiger charge is 2.13. The van der Waals surface area contributed by atoms with E-state index in [-0.39, 0.29) is 0 Å². The monoisotopic (exact) mass is 378 g/mol. The molecule has 3 N–H and O–H groups in total. The molecule has 3 aromatic rings. The summed E-state index contributed by atoms with van der Waals surface area (Å²) in [5.41, 5.74) is 10.4. The van der Waals surface area contributed by atoms with Crippen LogP contribution in [0, 0.1) is 0 Å². The van der Waals surface area contributed by atoms with E-state index in [0.29, 0.717) is 13.1 Å². The molecule has 0 aliphatic carbocycles. The first-order chi connectivity index (χ1) is 13.7. The number of fused-ring (bicyclic) bond motifs is 1. The summed E-state index contributed by atoms with van der Waals surface area (Å²) in [4.78, 5) is 7.25. The van der Waals surface area contributed by atoms with E-state index >= 15 is 0 Å². The maximum atomic E-state index is 5.72. The molecule has 1 heterocycles. The second kappa shape index (κ2) is 9.42. The Kier molecular flexibility index (Phi) is 6.71. The molecule has 0 aliphatic heterocycles. The molecule has 5 heteroatoms. The molecule has 3 rings (SSSR count). The third-order valence-electron chi connectivity index (χ3n) is 5.03. The molecule has 5 nitrogen and oxygen atoms in total. The number of aryl methyl sites for hydroxylation is 1. The SMILES string of the molecule is CCc1ccccc1CN(CC)c1cc(NCCN)c2cc(OC)ccc2n1. The molecule has 0 unspecified atom stereocenters. The highest BCUT2D eigenvalue weighted by molar-refractivity contribution is 5.94. The maximum absolute atomic E-state index is 5.72. The number of nitrogens with two attached hydrogens (primary N) is 1. The van der Waals surface area contributed by atoms with Gasteiger partial charge in [0.2, 0.25) is 0 Å². The van der Waals surface area contributed by atoms with E-state index in [1.807, 2.05) is 18.2 Å². The molecule has 0 amide bonds. The van der Waals surface area contributed by atoms with Crippen molar-refractivity contribution in [1.82, 2.24) is 4.98 Å². The minimum Gasteiger partial charge on any atom is -0.497 e. The van der Waals surface area contributed by atoms with Crippen LogP contribution < -0.4 is 20.7 Å². The summed E-state index contributed by atoms with van der Waals surface area (Å²) in [6.45, 7) is 7.37. The largest absolute Gasteiger partial charge is 0.497 e. The van der Waals surface area contributed by atoms with Crippen molar-refractivity contribution in [2.24, 2.45) is 5.73 Å². The van der Waals surface area contributed by atoms with E-state index in [1.54, 1.807) is 7.11 Å². The van der Waals surface area contributed by atoms with Gasteiger partial charge in [-0.3, -0.25) is 0 Å². The molecule has 0 fully saturated rings. The van der Waals surface area contributed by atoms with Gasteiger partial charge in [-0.15, -0.1) is 0 Å². The summed E-state index contributed by atoms with van der Waals surface area (Å²) in [7, 11) is 1.68. The smallest absolute Gasteiger partial charge is 0.131 e. The van der Waals surface area contributed by atoms with E-state index in [0.717, 1.165) is 47.7 Å². The zero-order chi connectivity index (χ0) is 19.9. The number of methoxy groups -OCH3 is 1. The van der Waals surface area contributed by atoms with Gasteiger partial charge in [0, 0.05) is 43.3 Å². The molecule has 28 heavy (non-hydrogen) atoms. The number of nitrogens with one attached hydrogen (secondary N) is 1. The lowest BCUT2D eigenvalue weighted by Crippen LogP contribution is -2.24. The number of hydrogen-bond donors (Lipinski definition) is 2. The lowest BCUT2D eigenvalue weighted by atomic mass is 10.0. The van der Waals surface area contributed by atoms with Gasteiger partial charge in [-0.2, -0.15) is 0 Å². The van der Waals surface area contributed by atoms with Crippen LogP contribution in [0.4, 0.5) is 11.5 Å². The number of benzene rings is 2. The number of aromatic nitrogens is 1. The molecule has 0 bridgehead atoms. The number of ether oxygens (including phenoxy) is 1. The topological polar surface area (TPSA) is 63.4 Å². The van der Waals surface area contributed by atoms with Crippen LogP contribution in [0.3, 0.4) is 0 Å². The number of pyridine rings is 1. The Labute approximate surface area is 167 Å². The third-order valence-corrected chi connectivity index (χ3v) is 5.03. The van der Waals surface area contributed by atoms with Crippen molar-refractivity contribution >= 4 is 22.4 Å². The van der Waals surface area contributed by atoms with Crippen molar-refractivity contribution in [2.45, 2.75) is 26.8 Å². The highest BCUT2D eigenvalue weighted by atomic mass is 16.5. The van der Waals surface area contributed by atoms with Crippen LogP contribution in [0.1, 0.15) is 25.0 Å². The molecule has 2 aromatic carbocycles. The lowest BCUT2D eigenvalue weighted by Gasteiger charge is -2.25. The van der Waals surface area contributed by atoms with E-state index in [1.165, 1.54) is 11.1 Å². The number of hydrogen-bond acceptors (Lipinski definition) is 5.